The highest BCUT2D eigenvalue weighted by atomic mass is 19.1. The number of halogens is 1. The molecular formula is C20H18FN5O3. The van der Waals surface area contributed by atoms with Crippen LogP contribution in [0.3, 0.4) is 0 Å². The molecule has 9 heteroatoms. The molecule has 1 saturated heterocycles. The number of ether oxygens (including phenoxy) is 1. The van der Waals surface area contributed by atoms with E-state index in [-0.39, 0.29) is 24.6 Å². The van der Waals surface area contributed by atoms with Gasteiger partial charge in [0, 0.05) is 12.6 Å². The SMILES string of the molecule is [C-]#[N+]c1ccc(OC2CC2)c(-c2cnc(C(=O)N[C@@H]3C[C@@H](CF)N(C#N)C3)o2)c1. The van der Waals surface area contributed by atoms with Crippen molar-refractivity contribution in [1.29, 1.82) is 5.26 Å². The Bertz CT molecular complexity index is 1000. The van der Waals surface area contributed by atoms with Gasteiger partial charge >= 0.3 is 5.91 Å². The topological polar surface area (TPSA) is 95.8 Å². The molecule has 1 saturated carbocycles. The van der Waals surface area contributed by atoms with Crippen molar-refractivity contribution in [1.82, 2.24) is 15.2 Å². The molecule has 1 N–H and O–H groups in total. The summed E-state index contributed by atoms with van der Waals surface area (Å²) in [6.07, 6.45) is 5.82. The number of aromatic nitrogens is 1. The Hall–Kier alpha value is -3.59. The fraction of sp³-hybridized carbons (Fsp3) is 0.400. The van der Waals surface area contributed by atoms with Gasteiger partial charge in [0.1, 0.15) is 12.4 Å². The molecule has 2 atom stereocenters. The summed E-state index contributed by atoms with van der Waals surface area (Å²) in [6.45, 7) is 6.81. The van der Waals surface area contributed by atoms with Crippen molar-refractivity contribution < 1.29 is 18.3 Å². The summed E-state index contributed by atoms with van der Waals surface area (Å²) in [6, 6.07) is 4.14. The normalized spacial score (nSPS) is 20.7. The monoisotopic (exact) mass is 395 g/mol. The van der Waals surface area contributed by atoms with Crippen LogP contribution >= 0.6 is 0 Å². The molecule has 1 amide bonds. The van der Waals surface area contributed by atoms with E-state index in [1.807, 2.05) is 6.19 Å². The van der Waals surface area contributed by atoms with E-state index in [2.05, 4.69) is 15.1 Å². The number of benzene rings is 1. The van der Waals surface area contributed by atoms with Gasteiger partial charge in [0.05, 0.1) is 30.5 Å². The van der Waals surface area contributed by atoms with Crippen LogP contribution in [0.25, 0.3) is 16.2 Å². The lowest BCUT2D eigenvalue weighted by atomic mass is 10.1. The molecule has 1 aliphatic carbocycles. The van der Waals surface area contributed by atoms with Crippen molar-refractivity contribution in [2.24, 2.45) is 0 Å². The molecule has 148 valence electrons. The largest absolute Gasteiger partial charge is 0.490 e. The second-order valence-corrected chi connectivity index (χ2v) is 7.11. The lowest BCUT2D eigenvalue weighted by molar-refractivity contribution is 0.0904. The summed E-state index contributed by atoms with van der Waals surface area (Å²) in [4.78, 5) is 21.3. The number of nitrogens with one attached hydrogen (secondary N) is 1. The van der Waals surface area contributed by atoms with Crippen LogP contribution in [0.5, 0.6) is 5.75 Å². The quantitative estimate of drug-likeness (QED) is 0.597. The predicted octanol–water partition coefficient (Wildman–Crippen LogP) is 3.06. The van der Waals surface area contributed by atoms with Gasteiger partial charge in [0.15, 0.2) is 17.6 Å². The number of carbonyl (C=O) groups is 1. The van der Waals surface area contributed by atoms with Gasteiger partial charge in [-0.05, 0) is 31.4 Å². The molecule has 2 aromatic rings. The molecule has 2 aliphatic rings. The van der Waals surface area contributed by atoms with E-state index in [4.69, 9.17) is 21.0 Å². The molecule has 0 spiro atoms. The Morgan fingerprint density at radius 2 is 2.34 bits per heavy atom. The zero-order chi connectivity index (χ0) is 20.4. The van der Waals surface area contributed by atoms with Gasteiger partial charge in [-0.15, -0.1) is 0 Å². The fourth-order valence-electron chi connectivity index (χ4n) is 3.29. The standard InChI is InChI=1S/C20H18FN5O3/c1-23-12-2-5-17(28-15-3-4-15)16(7-12)18-9-24-20(29-18)19(27)25-13-6-14(8-21)26(10-13)11-22/h2,5,7,9,13-15H,3-4,6,8,10H2,(H,25,27)/t13-,14+/m1/s1. The van der Waals surface area contributed by atoms with Crippen molar-refractivity contribution in [3.63, 3.8) is 0 Å². The third-order valence-electron chi connectivity index (χ3n) is 4.93. The zero-order valence-electron chi connectivity index (χ0n) is 15.5. The van der Waals surface area contributed by atoms with Gasteiger partial charge in [-0.1, -0.05) is 6.07 Å². The Labute approximate surface area is 166 Å². The van der Waals surface area contributed by atoms with E-state index in [1.54, 1.807) is 18.2 Å². The summed E-state index contributed by atoms with van der Waals surface area (Å²) >= 11 is 0. The first-order chi connectivity index (χ1) is 14.1. The number of oxazole rings is 1. The molecule has 1 aromatic heterocycles. The minimum Gasteiger partial charge on any atom is -0.490 e. The van der Waals surface area contributed by atoms with Gasteiger partial charge in [-0.25, -0.2) is 14.2 Å². The van der Waals surface area contributed by atoms with E-state index < -0.39 is 18.6 Å². The van der Waals surface area contributed by atoms with Crippen molar-refractivity contribution in [2.45, 2.75) is 37.5 Å². The fourth-order valence-corrected chi connectivity index (χ4v) is 3.29. The van der Waals surface area contributed by atoms with E-state index in [0.717, 1.165) is 12.8 Å². The number of nitrogens with zero attached hydrogens (tertiary/aromatic N) is 4. The maximum absolute atomic E-state index is 13.0. The van der Waals surface area contributed by atoms with Crippen LogP contribution in [-0.4, -0.2) is 47.2 Å². The maximum atomic E-state index is 13.0. The lowest BCUT2D eigenvalue weighted by Gasteiger charge is -2.12. The average Bonchev–Trinajstić information content (AvgIpc) is 3.26. The highest BCUT2D eigenvalue weighted by molar-refractivity contribution is 5.90. The molecule has 8 nitrogen and oxygen atoms in total. The first-order valence-corrected chi connectivity index (χ1v) is 9.28. The minimum atomic E-state index is -0.649. The summed E-state index contributed by atoms with van der Waals surface area (Å²) in [5.41, 5.74) is 0.983. The second kappa shape index (κ2) is 7.80. The highest BCUT2D eigenvalue weighted by Gasteiger charge is 2.33. The van der Waals surface area contributed by atoms with E-state index >= 15 is 0 Å². The van der Waals surface area contributed by atoms with E-state index in [1.165, 1.54) is 11.1 Å². The van der Waals surface area contributed by atoms with Gasteiger partial charge in [-0.2, -0.15) is 5.26 Å². The van der Waals surface area contributed by atoms with Crippen LogP contribution in [-0.2, 0) is 0 Å². The molecule has 4 rings (SSSR count). The minimum absolute atomic E-state index is 0.141. The Kier molecular flexibility index (Phi) is 5.05. The van der Waals surface area contributed by atoms with Gasteiger partial charge in [0.2, 0.25) is 0 Å². The predicted molar refractivity (Wildman–Crippen MR) is 99.8 cm³/mol. The summed E-state index contributed by atoms with van der Waals surface area (Å²) < 4.78 is 24.5. The lowest BCUT2D eigenvalue weighted by Crippen LogP contribution is -2.36. The van der Waals surface area contributed by atoms with Crippen molar-refractivity contribution in [3.05, 3.63) is 41.7 Å². The van der Waals surface area contributed by atoms with Crippen LogP contribution < -0.4 is 10.1 Å². The number of alkyl halides is 1. The number of amides is 1. The smallest absolute Gasteiger partial charge is 0.307 e. The molecule has 2 heterocycles. The Morgan fingerprint density at radius 1 is 1.52 bits per heavy atom. The first kappa shape index (κ1) is 18.8. The first-order valence-electron chi connectivity index (χ1n) is 9.28. The van der Waals surface area contributed by atoms with Crippen molar-refractivity contribution in [2.75, 3.05) is 13.2 Å². The molecule has 2 fully saturated rings. The number of hydrogen-bond acceptors (Lipinski definition) is 6. The molecule has 29 heavy (non-hydrogen) atoms. The second-order valence-electron chi connectivity index (χ2n) is 7.11. The number of likely N-dealkylation sites (tertiary alicyclic amines) is 1. The van der Waals surface area contributed by atoms with Crippen molar-refractivity contribution >= 4 is 11.6 Å². The Balaban J connectivity index is 1.51. The van der Waals surface area contributed by atoms with Crippen LogP contribution in [0.4, 0.5) is 10.1 Å². The van der Waals surface area contributed by atoms with Gasteiger partial charge < -0.3 is 19.4 Å². The van der Waals surface area contributed by atoms with Crippen LogP contribution in [0, 0.1) is 18.0 Å². The number of rotatable bonds is 6. The molecule has 0 bridgehead atoms. The number of hydrogen-bond donors (Lipinski definition) is 1. The maximum Gasteiger partial charge on any atom is 0.307 e. The van der Waals surface area contributed by atoms with Gasteiger partial charge in [0.25, 0.3) is 5.89 Å². The average molecular weight is 395 g/mol. The molecule has 0 unspecified atom stereocenters. The summed E-state index contributed by atoms with van der Waals surface area (Å²) in [5.74, 6) is 0.222. The molecule has 1 aromatic carbocycles. The molecule has 0 radical (unpaired) electrons. The Morgan fingerprint density at radius 3 is 3.00 bits per heavy atom. The highest BCUT2D eigenvalue weighted by Crippen LogP contribution is 2.37. The van der Waals surface area contributed by atoms with Crippen LogP contribution in [0.15, 0.2) is 28.8 Å². The number of nitriles is 1. The van der Waals surface area contributed by atoms with Gasteiger partial charge in [-0.3, -0.25) is 4.79 Å². The van der Waals surface area contributed by atoms with E-state index in [9.17, 15) is 9.18 Å². The number of carbonyl (C=O) groups excluding carboxylic acids is 1. The van der Waals surface area contributed by atoms with E-state index in [0.29, 0.717) is 29.2 Å². The summed E-state index contributed by atoms with van der Waals surface area (Å²) in [7, 11) is 0. The van der Waals surface area contributed by atoms with Crippen LogP contribution in [0.1, 0.15) is 29.9 Å². The van der Waals surface area contributed by atoms with Crippen molar-refractivity contribution in [3.8, 4) is 23.3 Å². The summed E-state index contributed by atoms with van der Waals surface area (Å²) in [5, 5.41) is 11.8. The molecule has 1 aliphatic heterocycles. The zero-order valence-corrected chi connectivity index (χ0v) is 15.5. The van der Waals surface area contributed by atoms with Crippen LogP contribution in [0.2, 0.25) is 0 Å². The third kappa shape index (κ3) is 3.99. The molecular weight excluding hydrogens is 377 g/mol. The third-order valence-corrected chi connectivity index (χ3v) is 4.93.